The van der Waals surface area contributed by atoms with Crippen LogP contribution in [0.15, 0.2) is 30.3 Å². The highest BCUT2D eigenvalue weighted by Gasteiger charge is 2.25. The number of nitro benzene ring substituents is 1. The molecule has 0 fully saturated rings. The average molecular weight is 604 g/mol. The summed E-state index contributed by atoms with van der Waals surface area (Å²) in [5.41, 5.74) is -0.165. The Morgan fingerprint density at radius 1 is 1.26 bits per heavy atom. The quantitative estimate of drug-likeness (QED) is 0.147. The molecule has 0 aliphatic heterocycles. The van der Waals surface area contributed by atoms with E-state index in [9.17, 15) is 19.3 Å². The highest BCUT2D eigenvalue weighted by molar-refractivity contribution is 14.1. The van der Waals surface area contributed by atoms with Crippen molar-refractivity contribution >= 4 is 34.4 Å². The van der Waals surface area contributed by atoms with E-state index in [4.69, 9.17) is 18.9 Å². The number of ether oxygens (including phenoxy) is 4. The minimum Gasteiger partial charge on any atom is -0.493 e. The Balaban J connectivity index is 2.05. The molecule has 2 aromatic rings. The van der Waals surface area contributed by atoms with E-state index < -0.39 is 22.7 Å². The van der Waals surface area contributed by atoms with Crippen molar-refractivity contribution in [2.24, 2.45) is 0 Å². The maximum Gasteiger partial charge on any atom is 0.407 e. The van der Waals surface area contributed by atoms with Crippen molar-refractivity contribution in [3.8, 4) is 11.5 Å². The minimum absolute atomic E-state index is 0.0494. The highest BCUT2D eigenvalue weighted by atomic mass is 127. The Morgan fingerprint density at radius 2 is 1.97 bits per heavy atom. The predicted molar refractivity (Wildman–Crippen MR) is 136 cm³/mol. The van der Waals surface area contributed by atoms with Crippen LogP contribution >= 0.6 is 22.6 Å². The first-order chi connectivity index (χ1) is 16.4. The summed E-state index contributed by atoms with van der Waals surface area (Å²) < 4.78 is 36.7. The van der Waals surface area contributed by atoms with Gasteiger partial charge in [-0.05, 0) is 68.8 Å². The lowest BCUT2D eigenvalue weighted by Crippen LogP contribution is -2.33. The van der Waals surface area contributed by atoms with Gasteiger partial charge in [0.05, 0.1) is 43.0 Å². The Labute approximate surface area is 217 Å². The van der Waals surface area contributed by atoms with Gasteiger partial charge in [0.1, 0.15) is 11.4 Å². The summed E-state index contributed by atoms with van der Waals surface area (Å²) in [5.74, 6) is 0.106. The highest BCUT2D eigenvalue weighted by Crippen LogP contribution is 2.38. The zero-order valence-electron chi connectivity index (χ0n) is 20.4. The zero-order valence-corrected chi connectivity index (χ0v) is 22.5. The summed E-state index contributed by atoms with van der Waals surface area (Å²) in [4.78, 5) is 22.9. The van der Waals surface area contributed by atoms with E-state index in [0.717, 1.165) is 0 Å². The summed E-state index contributed by atoms with van der Waals surface area (Å²) in [7, 11) is 1.43. The Bertz CT molecular complexity index is 1040. The third-order valence-corrected chi connectivity index (χ3v) is 5.55. The number of carbonyl (C=O) groups is 1. The fourth-order valence-electron chi connectivity index (χ4n) is 3.04. The van der Waals surface area contributed by atoms with Gasteiger partial charge in [-0.1, -0.05) is 12.1 Å². The first-order valence-corrected chi connectivity index (χ1v) is 12.0. The fraction of sp³-hybridized carbons (Fsp3) is 0.458. The largest absolute Gasteiger partial charge is 0.493 e. The number of carbonyl (C=O) groups excluding carboxylic acids is 1. The molecule has 35 heavy (non-hydrogen) atoms. The van der Waals surface area contributed by atoms with Gasteiger partial charge in [0, 0.05) is 15.7 Å². The smallest absolute Gasteiger partial charge is 0.407 e. The lowest BCUT2D eigenvalue weighted by molar-refractivity contribution is -0.386. The van der Waals surface area contributed by atoms with Crippen LogP contribution < -0.4 is 14.8 Å². The number of benzene rings is 2. The molecule has 0 saturated heterocycles. The first-order valence-electron chi connectivity index (χ1n) is 10.9. The molecule has 0 spiro atoms. The summed E-state index contributed by atoms with van der Waals surface area (Å²) >= 11 is 1.89. The number of alkyl carbamates (subject to hydrolysis) is 1. The van der Waals surface area contributed by atoms with Crippen molar-refractivity contribution in [3.63, 3.8) is 0 Å². The molecule has 1 unspecified atom stereocenters. The van der Waals surface area contributed by atoms with Gasteiger partial charge < -0.3 is 24.3 Å². The molecule has 0 saturated carbocycles. The van der Waals surface area contributed by atoms with Gasteiger partial charge >= 0.3 is 6.09 Å². The average Bonchev–Trinajstić information content (AvgIpc) is 2.77. The van der Waals surface area contributed by atoms with Gasteiger partial charge in [-0.15, -0.1) is 0 Å². The molecular formula is C24H30FIN2O7. The van der Waals surface area contributed by atoms with Gasteiger partial charge in [0.15, 0.2) is 11.5 Å². The molecule has 1 atom stereocenters. The zero-order chi connectivity index (χ0) is 26.2. The third-order valence-electron chi connectivity index (χ3n) is 4.71. The number of hydrogen-bond acceptors (Lipinski definition) is 7. The van der Waals surface area contributed by atoms with Crippen LogP contribution in [0.25, 0.3) is 0 Å². The van der Waals surface area contributed by atoms with E-state index in [-0.39, 0.29) is 36.0 Å². The Kier molecular flexibility index (Phi) is 10.5. The number of methoxy groups -OCH3 is 1. The molecule has 0 aliphatic rings. The standard InChI is InChI=1S/C24H30FIN2O7/c1-15(34-14-16-8-6-9-18(26)22(16)25)17-12-20(32-5)21(13-19(17)28(30)31)33-11-7-10-27-23(29)35-24(2,3)4/h6,8-9,12-13,15H,7,10-11,14H2,1-5H3,(H,27,29)/i25+0. The molecule has 2 rings (SSSR count). The van der Waals surface area contributed by atoms with Crippen LogP contribution in [0.3, 0.4) is 0 Å². The summed E-state index contributed by atoms with van der Waals surface area (Å²) in [6.07, 6.45) is -0.804. The number of rotatable bonds is 11. The molecule has 2 aromatic carbocycles. The maximum atomic E-state index is 14.3. The van der Waals surface area contributed by atoms with Gasteiger partial charge in [-0.2, -0.15) is 0 Å². The second-order valence-electron chi connectivity index (χ2n) is 8.62. The molecule has 1 amide bonds. The van der Waals surface area contributed by atoms with Crippen LogP contribution in [-0.4, -0.2) is 36.9 Å². The van der Waals surface area contributed by atoms with Crippen molar-refractivity contribution in [1.29, 1.82) is 0 Å². The normalized spacial score (nSPS) is 12.1. The molecule has 11 heteroatoms. The van der Waals surface area contributed by atoms with Crippen LogP contribution in [0.2, 0.25) is 0 Å². The molecule has 0 aromatic heterocycles. The third kappa shape index (κ3) is 8.80. The molecule has 9 nitrogen and oxygen atoms in total. The predicted octanol–water partition coefficient (Wildman–Crippen LogP) is 5.92. The van der Waals surface area contributed by atoms with Crippen molar-refractivity contribution in [2.45, 2.75) is 52.4 Å². The summed E-state index contributed by atoms with van der Waals surface area (Å²) in [5, 5.41) is 14.4. The topological polar surface area (TPSA) is 109 Å². The van der Waals surface area contributed by atoms with Crippen molar-refractivity contribution in [3.05, 3.63) is 61.0 Å². The van der Waals surface area contributed by atoms with Crippen molar-refractivity contribution < 1.29 is 33.1 Å². The summed E-state index contributed by atoms with van der Waals surface area (Å²) in [6, 6.07) is 7.73. The lowest BCUT2D eigenvalue weighted by Gasteiger charge is -2.19. The first kappa shape index (κ1) is 28.6. The number of amides is 1. The van der Waals surface area contributed by atoms with Crippen LogP contribution in [0, 0.1) is 19.5 Å². The molecular weight excluding hydrogens is 574 g/mol. The number of hydrogen-bond donors (Lipinski definition) is 1. The van der Waals surface area contributed by atoms with Gasteiger partial charge in [-0.3, -0.25) is 10.1 Å². The molecule has 1 N–H and O–H groups in total. The van der Waals surface area contributed by atoms with Gasteiger partial charge in [0.2, 0.25) is 0 Å². The monoisotopic (exact) mass is 604 g/mol. The van der Waals surface area contributed by atoms with Crippen LogP contribution in [0.4, 0.5) is 14.9 Å². The van der Waals surface area contributed by atoms with Gasteiger partial charge in [-0.25, -0.2) is 9.18 Å². The second-order valence-corrected chi connectivity index (χ2v) is 9.78. The van der Waals surface area contributed by atoms with E-state index >= 15 is 0 Å². The molecule has 0 heterocycles. The minimum atomic E-state index is -0.714. The van der Waals surface area contributed by atoms with Gasteiger partial charge in [0.25, 0.3) is 5.69 Å². The summed E-state index contributed by atoms with van der Waals surface area (Å²) in [6.45, 7) is 7.39. The van der Waals surface area contributed by atoms with Crippen LogP contribution in [0.1, 0.15) is 51.3 Å². The van der Waals surface area contributed by atoms with Crippen molar-refractivity contribution in [1.82, 2.24) is 5.32 Å². The maximum absolute atomic E-state index is 14.3. The van der Waals surface area contributed by atoms with E-state index in [1.54, 1.807) is 45.9 Å². The SMILES string of the molecule is COc1cc(C(C)OCc2cccc(I)c2[19F])c([N+](=O)[O-])cc1OCCCNC(=O)OC(C)(C)C. The number of halogens is 2. The van der Waals surface area contributed by atoms with E-state index in [0.29, 0.717) is 27.8 Å². The molecule has 0 aliphatic carbocycles. The van der Waals surface area contributed by atoms with Crippen LogP contribution in [-0.2, 0) is 16.1 Å². The van der Waals surface area contributed by atoms with E-state index in [1.807, 2.05) is 22.6 Å². The molecule has 192 valence electrons. The lowest BCUT2D eigenvalue weighted by atomic mass is 10.1. The second kappa shape index (κ2) is 12.9. The Morgan fingerprint density at radius 3 is 2.60 bits per heavy atom. The van der Waals surface area contributed by atoms with E-state index in [1.165, 1.54) is 19.2 Å². The fourth-order valence-corrected chi connectivity index (χ4v) is 3.60. The van der Waals surface area contributed by atoms with Crippen LogP contribution in [0.5, 0.6) is 11.5 Å². The molecule has 0 bridgehead atoms. The number of nitrogens with one attached hydrogen (secondary N) is 1. The number of nitro groups is 1. The number of nitrogens with zero attached hydrogens (tertiary/aromatic N) is 1. The van der Waals surface area contributed by atoms with Crippen molar-refractivity contribution in [2.75, 3.05) is 20.3 Å². The molecule has 0 radical (unpaired) electrons. The van der Waals surface area contributed by atoms with E-state index in [2.05, 4.69) is 5.32 Å². The Hall–Kier alpha value is -2.67.